The van der Waals surface area contributed by atoms with E-state index in [0.717, 1.165) is 19.4 Å². The van der Waals surface area contributed by atoms with E-state index in [1.165, 1.54) is 16.1 Å². The molecule has 0 aliphatic carbocycles. The Labute approximate surface area is 113 Å². The van der Waals surface area contributed by atoms with E-state index in [0.29, 0.717) is 0 Å². The Kier molecular flexibility index (Phi) is 4.55. The molecular weight excluding hydrogens is 242 g/mol. The molecule has 0 fully saturated rings. The van der Waals surface area contributed by atoms with E-state index in [1.54, 1.807) is 11.3 Å². The first-order valence-electron chi connectivity index (χ1n) is 6.55. The minimum absolute atomic E-state index is 0.286. The fraction of sp³-hybridized carbons (Fsp3) is 0.500. The minimum Gasteiger partial charge on any atom is -0.305 e. The molecule has 1 N–H and O–H groups in total. The highest BCUT2D eigenvalue weighted by Crippen LogP contribution is 2.28. The van der Waals surface area contributed by atoms with Gasteiger partial charge in [0.15, 0.2) is 0 Å². The summed E-state index contributed by atoms with van der Waals surface area (Å²) in [6.45, 7) is 5.39. The molecule has 0 radical (unpaired) electrons. The molecule has 0 bridgehead atoms. The van der Waals surface area contributed by atoms with E-state index in [1.807, 2.05) is 11.7 Å². The van der Waals surface area contributed by atoms with Gasteiger partial charge in [0.1, 0.15) is 0 Å². The van der Waals surface area contributed by atoms with Crippen LogP contribution in [0.25, 0.3) is 0 Å². The first-order valence-corrected chi connectivity index (χ1v) is 7.43. The second-order valence-electron chi connectivity index (χ2n) is 4.46. The Bertz CT molecular complexity index is 473. The normalized spacial score (nSPS) is 12.8. The van der Waals surface area contributed by atoms with Gasteiger partial charge in [-0.2, -0.15) is 5.10 Å². The lowest BCUT2D eigenvalue weighted by Crippen LogP contribution is -2.23. The number of nitrogens with zero attached hydrogens (tertiary/aromatic N) is 2. The lowest BCUT2D eigenvalue weighted by molar-refractivity contribution is 0.602. The summed E-state index contributed by atoms with van der Waals surface area (Å²) < 4.78 is 1.92. The van der Waals surface area contributed by atoms with Crippen molar-refractivity contribution in [3.8, 4) is 0 Å². The van der Waals surface area contributed by atoms with E-state index >= 15 is 0 Å². The maximum atomic E-state index is 4.55. The van der Waals surface area contributed by atoms with E-state index < -0.39 is 0 Å². The highest BCUT2D eigenvalue weighted by molar-refractivity contribution is 7.10. The predicted octanol–water partition coefficient (Wildman–Crippen LogP) is 3.13. The monoisotopic (exact) mass is 263 g/mol. The molecule has 1 atom stereocenters. The fourth-order valence-corrected chi connectivity index (χ4v) is 2.99. The van der Waals surface area contributed by atoms with Crippen LogP contribution in [0.5, 0.6) is 0 Å². The number of nitrogens with one attached hydrogen (secondary N) is 1. The van der Waals surface area contributed by atoms with Crippen LogP contribution >= 0.6 is 11.3 Å². The molecule has 0 spiro atoms. The smallest absolute Gasteiger partial charge is 0.0704 e. The van der Waals surface area contributed by atoms with Crippen molar-refractivity contribution >= 4 is 11.3 Å². The number of rotatable bonds is 6. The van der Waals surface area contributed by atoms with E-state index in [-0.39, 0.29) is 6.04 Å². The molecule has 4 heteroatoms. The maximum absolute atomic E-state index is 4.55. The van der Waals surface area contributed by atoms with Crippen LogP contribution in [0.4, 0.5) is 0 Å². The number of hydrogen-bond acceptors (Lipinski definition) is 3. The van der Waals surface area contributed by atoms with Gasteiger partial charge in [0.05, 0.1) is 11.7 Å². The molecule has 2 aromatic rings. The van der Waals surface area contributed by atoms with Crippen molar-refractivity contribution in [2.24, 2.45) is 7.05 Å². The predicted molar refractivity (Wildman–Crippen MR) is 77.0 cm³/mol. The average molecular weight is 263 g/mol. The zero-order chi connectivity index (χ0) is 13.0. The quantitative estimate of drug-likeness (QED) is 0.867. The van der Waals surface area contributed by atoms with Crippen molar-refractivity contribution in [3.63, 3.8) is 0 Å². The van der Waals surface area contributed by atoms with Crippen LogP contribution in [0.3, 0.4) is 0 Å². The highest BCUT2D eigenvalue weighted by Gasteiger charge is 2.19. The zero-order valence-corrected chi connectivity index (χ0v) is 12.1. The van der Waals surface area contributed by atoms with Crippen molar-refractivity contribution in [1.29, 1.82) is 0 Å². The van der Waals surface area contributed by atoms with Crippen LogP contribution in [0.2, 0.25) is 0 Å². The van der Waals surface area contributed by atoms with Gasteiger partial charge in [-0.1, -0.05) is 19.9 Å². The molecule has 2 rings (SSSR count). The first-order chi connectivity index (χ1) is 8.76. The highest BCUT2D eigenvalue weighted by atomic mass is 32.1. The second-order valence-corrected chi connectivity index (χ2v) is 5.44. The van der Waals surface area contributed by atoms with Gasteiger partial charge in [0.2, 0.25) is 0 Å². The summed E-state index contributed by atoms with van der Waals surface area (Å²) >= 11 is 1.81. The molecule has 0 amide bonds. The van der Waals surface area contributed by atoms with Crippen molar-refractivity contribution in [2.75, 3.05) is 6.54 Å². The van der Waals surface area contributed by atoms with Crippen LogP contribution < -0.4 is 5.32 Å². The number of aromatic nitrogens is 2. The lowest BCUT2D eigenvalue weighted by Gasteiger charge is -2.17. The molecule has 0 aliphatic rings. The van der Waals surface area contributed by atoms with Crippen molar-refractivity contribution in [3.05, 3.63) is 39.8 Å². The molecule has 0 aromatic carbocycles. The van der Waals surface area contributed by atoms with Gasteiger partial charge in [0, 0.05) is 23.7 Å². The Hall–Kier alpha value is -1.13. The van der Waals surface area contributed by atoms with Gasteiger partial charge in [-0.25, -0.2) is 0 Å². The van der Waals surface area contributed by atoms with E-state index in [9.17, 15) is 0 Å². The Balaban J connectivity index is 2.33. The summed E-state index contributed by atoms with van der Waals surface area (Å²) in [4.78, 5) is 1.37. The van der Waals surface area contributed by atoms with Crippen LogP contribution in [-0.4, -0.2) is 16.3 Å². The third-order valence-corrected chi connectivity index (χ3v) is 3.95. The molecular formula is C14H21N3S. The maximum Gasteiger partial charge on any atom is 0.0704 e. The summed E-state index contributed by atoms with van der Waals surface area (Å²) in [5.41, 5.74) is 2.51. The molecule has 0 saturated heterocycles. The van der Waals surface area contributed by atoms with Gasteiger partial charge < -0.3 is 5.32 Å². The summed E-state index contributed by atoms with van der Waals surface area (Å²) in [7, 11) is 1.99. The van der Waals surface area contributed by atoms with Crippen molar-refractivity contribution in [2.45, 2.75) is 32.7 Å². The van der Waals surface area contributed by atoms with E-state index in [2.05, 4.69) is 48.0 Å². The van der Waals surface area contributed by atoms with Crippen LogP contribution in [-0.2, 0) is 13.5 Å². The molecule has 0 aliphatic heterocycles. The number of hydrogen-bond donors (Lipinski definition) is 1. The molecule has 2 aromatic heterocycles. The largest absolute Gasteiger partial charge is 0.305 e. The number of aryl methyl sites for hydroxylation is 2. The first kappa shape index (κ1) is 13.3. The molecule has 2 heterocycles. The van der Waals surface area contributed by atoms with Gasteiger partial charge >= 0.3 is 0 Å². The molecule has 18 heavy (non-hydrogen) atoms. The van der Waals surface area contributed by atoms with Gasteiger partial charge in [-0.3, -0.25) is 4.68 Å². The third-order valence-electron chi connectivity index (χ3n) is 3.01. The van der Waals surface area contributed by atoms with Gasteiger partial charge in [0.25, 0.3) is 0 Å². The summed E-state index contributed by atoms with van der Waals surface area (Å²) in [6.07, 6.45) is 4.27. The Morgan fingerprint density at radius 3 is 2.89 bits per heavy atom. The van der Waals surface area contributed by atoms with Crippen LogP contribution in [0, 0.1) is 0 Å². The van der Waals surface area contributed by atoms with Crippen molar-refractivity contribution < 1.29 is 0 Å². The summed E-state index contributed by atoms with van der Waals surface area (Å²) in [6, 6.07) is 4.60. The topological polar surface area (TPSA) is 29.9 Å². The summed E-state index contributed by atoms with van der Waals surface area (Å²) in [5.74, 6) is 0. The average Bonchev–Trinajstić information content (AvgIpc) is 2.99. The molecule has 1 unspecified atom stereocenters. The minimum atomic E-state index is 0.286. The fourth-order valence-electron chi connectivity index (χ4n) is 2.18. The zero-order valence-electron chi connectivity index (χ0n) is 11.3. The molecule has 98 valence electrons. The lowest BCUT2D eigenvalue weighted by atomic mass is 10.0. The second kappa shape index (κ2) is 6.16. The standard InChI is InChI=1S/C14H21N3S/c1-4-8-15-14(13-7-6-9-18-13)11-10-17(3)16-12(11)5-2/h6-7,9-10,14-15H,4-5,8H2,1-3H3. The SMILES string of the molecule is CCCNC(c1cccs1)c1cn(C)nc1CC. The summed E-state index contributed by atoms with van der Waals surface area (Å²) in [5, 5.41) is 10.3. The molecule has 0 saturated carbocycles. The third kappa shape index (κ3) is 2.82. The van der Waals surface area contributed by atoms with Crippen LogP contribution in [0.15, 0.2) is 23.7 Å². The van der Waals surface area contributed by atoms with Crippen molar-refractivity contribution in [1.82, 2.24) is 15.1 Å². The van der Waals surface area contributed by atoms with Gasteiger partial charge in [-0.15, -0.1) is 11.3 Å². The van der Waals surface area contributed by atoms with Crippen LogP contribution in [0.1, 0.15) is 42.4 Å². The number of thiophene rings is 1. The Morgan fingerprint density at radius 2 is 2.28 bits per heavy atom. The molecule has 3 nitrogen and oxygen atoms in total. The van der Waals surface area contributed by atoms with E-state index in [4.69, 9.17) is 0 Å². The van der Waals surface area contributed by atoms with Gasteiger partial charge in [-0.05, 0) is 30.8 Å². The Morgan fingerprint density at radius 1 is 1.44 bits per heavy atom.